The predicted molar refractivity (Wildman–Crippen MR) is 83.0 cm³/mol. The zero-order chi connectivity index (χ0) is 16.6. The summed E-state index contributed by atoms with van der Waals surface area (Å²) < 4.78 is 27.8. The van der Waals surface area contributed by atoms with E-state index in [1.165, 1.54) is 0 Å². The van der Waals surface area contributed by atoms with E-state index in [2.05, 4.69) is 10.2 Å². The summed E-state index contributed by atoms with van der Waals surface area (Å²) in [5.74, 6) is 0.928. The molecule has 2 aromatic rings. The van der Waals surface area contributed by atoms with Crippen molar-refractivity contribution >= 4 is 15.9 Å². The lowest BCUT2D eigenvalue weighted by atomic mass is 10.2. The van der Waals surface area contributed by atoms with Crippen molar-refractivity contribution in [3.05, 3.63) is 29.7 Å². The number of sulfonamides is 1. The molecule has 1 aliphatic rings. The van der Waals surface area contributed by atoms with Crippen molar-refractivity contribution in [1.82, 2.24) is 15.1 Å². The first-order valence-electron chi connectivity index (χ1n) is 7.24. The highest BCUT2D eigenvalue weighted by molar-refractivity contribution is 7.89. The molecule has 0 bridgehead atoms. The molecule has 2 aromatic heterocycles. The summed E-state index contributed by atoms with van der Waals surface area (Å²) in [5, 5.41) is 11.9. The number of hydrogen-bond acceptors (Lipinski definition) is 5. The summed E-state index contributed by atoms with van der Waals surface area (Å²) in [6.45, 7) is 2.71. The van der Waals surface area contributed by atoms with Crippen LogP contribution in [0, 0.1) is 12.8 Å². The molecule has 0 aromatic carbocycles. The van der Waals surface area contributed by atoms with Gasteiger partial charge in [0.2, 0.25) is 10.0 Å². The summed E-state index contributed by atoms with van der Waals surface area (Å²) in [6, 6.07) is 5.26. The number of aromatic amines is 1. The first-order chi connectivity index (χ1) is 10.8. The van der Waals surface area contributed by atoms with Crippen LogP contribution in [0.5, 0.6) is 0 Å². The van der Waals surface area contributed by atoms with Gasteiger partial charge >= 0.3 is 0 Å². The van der Waals surface area contributed by atoms with Gasteiger partial charge in [0.1, 0.15) is 11.5 Å². The molecule has 3 heterocycles. The number of aryl methyl sites for hydroxylation is 1. The molecular weight excluding hydrogens is 320 g/mol. The quantitative estimate of drug-likeness (QED) is 0.851. The fourth-order valence-corrected chi connectivity index (χ4v) is 3.71. The van der Waals surface area contributed by atoms with E-state index in [9.17, 15) is 13.2 Å². The van der Waals surface area contributed by atoms with Crippen molar-refractivity contribution < 1.29 is 17.6 Å². The molecule has 0 spiro atoms. The molecule has 0 aliphatic carbocycles. The van der Waals surface area contributed by atoms with Gasteiger partial charge in [0.25, 0.3) is 5.91 Å². The van der Waals surface area contributed by atoms with Crippen LogP contribution in [0.15, 0.2) is 22.6 Å². The van der Waals surface area contributed by atoms with Gasteiger partial charge in [-0.05, 0) is 31.4 Å². The second-order valence-electron chi connectivity index (χ2n) is 5.81. The molecule has 3 N–H and O–H groups in total. The molecule has 0 radical (unpaired) electrons. The summed E-state index contributed by atoms with van der Waals surface area (Å²) in [6.07, 6.45) is 0.622. The van der Waals surface area contributed by atoms with E-state index in [1.807, 2.05) is 13.0 Å². The van der Waals surface area contributed by atoms with Crippen LogP contribution < -0.4 is 5.14 Å². The molecule has 1 atom stereocenters. The maximum atomic E-state index is 12.4. The third-order valence-electron chi connectivity index (χ3n) is 3.84. The Morgan fingerprint density at radius 3 is 2.96 bits per heavy atom. The molecule has 1 fully saturated rings. The number of nitrogens with zero attached hydrogens (tertiary/aromatic N) is 2. The average molecular weight is 338 g/mol. The first-order valence-corrected chi connectivity index (χ1v) is 8.95. The van der Waals surface area contributed by atoms with Crippen LogP contribution in [0.2, 0.25) is 0 Å². The Hall–Kier alpha value is -2.13. The second kappa shape index (κ2) is 5.82. The molecule has 8 nitrogen and oxygen atoms in total. The Bertz CT molecular complexity index is 823. The normalized spacial score (nSPS) is 18.5. The average Bonchev–Trinajstić information content (AvgIpc) is 3.15. The number of rotatable bonds is 4. The zero-order valence-corrected chi connectivity index (χ0v) is 13.5. The minimum atomic E-state index is -3.52. The minimum Gasteiger partial charge on any atom is -0.460 e. The number of nitrogens with one attached hydrogen (secondary N) is 1. The lowest BCUT2D eigenvalue weighted by Crippen LogP contribution is -2.31. The van der Waals surface area contributed by atoms with Crippen LogP contribution in [-0.2, 0) is 10.0 Å². The number of amides is 1. The van der Waals surface area contributed by atoms with E-state index in [1.54, 1.807) is 17.0 Å². The lowest BCUT2D eigenvalue weighted by molar-refractivity contribution is 0.0782. The summed E-state index contributed by atoms with van der Waals surface area (Å²) in [5.41, 5.74) is 0.909. The molecule has 3 rings (SSSR count). The number of nitrogens with two attached hydrogens (primary N) is 1. The Morgan fingerprint density at radius 1 is 1.52 bits per heavy atom. The van der Waals surface area contributed by atoms with Gasteiger partial charge in [-0.1, -0.05) is 0 Å². The van der Waals surface area contributed by atoms with Crippen LogP contribution in [0.3, 0.4) is 0 Å². The highest BCUT2D eigenvalue weighted by atomic mass is 32.2. The minimum absolute atomic E-state index is 0.103. The number of hydrogen-bond donors (Lipinski definition) is 2. The standard InChI is InChI=1S/C14H18N4O4S/c1-9-2-3-13(22-9)11-6-12(17-16-11)14(19)18-5-4-10(7-18)8-23(15,20)21/h2-3,6,10H,4-5,7-8H2,1H3,(H,16,17)(H2,15,20,21). The third-order valence-corrected chi connectivity index (χ3v) is 4.78. The fourth-order valence-electron chi connectivity index (χ4n) is 2.78. The number of carbonyl (C=O) groups is 1. The van der Waals surface area contributed by atoms with E-state index in [4.69, 9.17) is 9.56 Å². The van der Waals surface area contributed by atoms with Gasteiger partial charge < -0.3 is 9.32 Å². The molecule has 23 heavy (non-hydrogen) atoms. The van der Waals surface area contributed by atoms with Crippen molar-refractivity contribution in [2.75, 3.05) is 18.8 Å². The van der Waals surface area contributed by atoms with Crippen molar-refractivity contribution in [1.29, 1.82) is 0 Å². The molecule has 1 saturated heterocycles. The molecule has 9 heteroatoms. The van der Waals surface area contributed by atoms with Gasteiger partial charge in [-0.25, -0.2) is 13.6 Å². The van der Waals surface area contributed by atoms with Gasteiger partial charge in [0.15, 0.2) is 11.5 Å². The number of aromatic nitrogens is 2. The summed E-state index contributed by atoms with van der Waals surface area (Å²) >= 11 is 0. The van der Waals surface area contributed by atoms with Gasteiger partial charge in [-0.2, -0.15) is 5.10 Å². The topological polar surface area (TPSA) is 122 Å². The SMILES string of the molecule is Cc1ccc(-c2cc(C(=O)N3CCC(CS(N)(=O)=O)C3)n[nH]2)o1. The number of furan rings is 1. The van der Waals surface area contributed by atoms with Crippen LogP contribution in [0.1, 0.15) is 22.7 Å². The lowest BCUT2D eigenvalue weighted by Gasteiger charge is -2.14. The third kappa shape index (κ3) is 3.62. The van der Waals surface area contributed by atoms with Gasteiger partial charge in [0, 0.05) is 19.2 Å². The van der Waals surface area contributed by atoms with Gasteiger partial charge in [-0.15, -0.1) is 0 Å². The van der Waals surface area contributed by atoms with Gasteiger partial charge in [-0.3, -0.25) is 9.89 Å². The fraction of sp³-hybridized carbons (Fsp3) is 0.429. The number of likely N-dealkylation sites (tertiary alicyclic amines) is 1. The second-order valence-corrected chi connectivity index (χ2v) is 7.47. The van der Waals surface area contributed by atoms with Crippen LogP contribution in [-0.4, -0.2) is 48.3 Å². The molecule has 0 saturated carbocycles. The maximum Gasteiger partial charge on any atom is 0.274 e. The number of H-pyrrole nitrogens is 1. The van der Waals surface area contributed by atoms with Crippen molar-refractivity contribution in [3.63, 3.8) is 0 Å². The highest BCUT2D eigenvalue weighted by Gasteiger charge is 2.30. The maximum absolute atomic E-state index is 12.4. The molecular formula is C14H18N4O4S. The van der Waals surface area contributed by atoms with E-state index in [0.29, 0.717) is 31.0 Å². The first kappa shape index (κ1) is 15.8. The largest absolute Gasteiger partial charge is 0.460 e. The van der Waals surface area contributed by atoms with Crippen LogP contribution >= 0.6 is 0 Å². The molecule has 124 valence electrons. The van der Waals surface area contributed by atoms with E-state index in [-0.39, 0.29) is 23.3 Å². The highest BCUT2D eigenvalue weighted by Crippen LogP contribution is 2.23. The zero-order valence-electron chi connectivity index (χ0n) is 12.7. The van der Waals surface area contributed by atoms with Crippen LogP contribution in [0.25, 0.3) is 11.5 Å². The molecule has 1 unspecified atom stereocenters. The Balaban J connectivity index is 1.69. The van der Waals surface area contributed by atoms with Crippen molar-refractivity contribution in [2.45, 2.75) is 13.3 Å². The molecule has 1 amide bonds. The van der Waals surface area contributed by atoms with E-state index < -0.39 is 10.0 Å². The Labute approximate surface area is 133 Å². The van der Waals surface area contributed by atoms with E-state index >= 15 is 0 Å². The molecule has 1 aliphatic heterocycles. The summed E-state index contributed by atoms with van der Waals surface area (Å²) in [4.78, 5) is 14.0. The monoisotopic (exact) mass is 338 g/mol. The van der Waals surface area contributed by atoms with Crippen molar-refractivity contribution in [3.8, 4) is 11.5 Å². The predicted octanol–water partition coefficient (Wildman–Crippen LogP) is 0.729. The summed E-state index contributed by atoms with van der Waals surface area (Å²) in [7, 11) is -3.52. The Morgan fingerprint density at radius 2 is 2.30 bits per heavy atom. The van der Waals surface area contributed by atoms with E-state index in [0.717, 1.165) is 5.76 Å². The number of carbonyl (C=O) groups excluding carboxylic acids is 1. The number of primary sulfonamides is 1. The van der Waals surface area contributed by atoms with Gasteiger partial charge in [0.05, 0.1) is 5.75 Å². The smallest absolute Gasteiger partial charge is 0.274 e. The van der Waals surface area contributed by atoms with Crippen LogP contribution in [0.4, 0.5) is 0 Å². The van der Waals surface area contributed by atoms with Crippen molar-refractivity contribution in [2.24, 2.45) is 11.1 Å². The Kier molecular flexibility index (Phi) is 3.99.